The molecule has 8 heteroatoms. The summed E-state index contributed by atoms with van der Waals surface area (Å²) in [7, 11) is -3.57. The van der Waals surface area contributed by atoms with E-state index in [4.69, 9.17) is 0 Å². The summed E-state index contributed by atoms with van der Waals surface area (Å²) in [5, 5.41) is 10.1. The van der Waals surface area contributed by atoms with Crippen molar-refractivity contribution in [1.29, 1.82) is 0 Å². The molecule has 1 N–H and O–H groups in total. The second kappa shape index (κ2) is 6.38. The Kier molecular flexibility index (Phi) is 4.47. The number of pyridine rings is 1. The molecule has 3 rings (SSSR count). The highest BCUT2D eigenvalue weighted by Gasteiger charge is 2.26. The largest absolute Gasteiger partial charge is 0.285 e. The van der Waals surface area contributed by atoms with Crippen LogP contribution < -0.4 is 4.72 Å². The van der Waals surface area contributed by atoms with Gasteiger partial charge in [-0.05, 0) is 35.9 Å². The van der Waals surface area contributed by atoms with Crippen molar-refractivity contribution in [2.75, 3.05) is 0 Å². The Morgan fingerprint density at radius 2 is 2.04 bits per heavy atom. The number of nitrogens with zero attached hydrogens (tertiary/aromatic N) is 3. The number of hydrogen-bond donors (Lipinski definition) is 1. The minimum atomic E-state index is -3.57. The van der Waals surface area contributed by atoms with Crippen LogP contribution >= 0.6 is 11.3 Å². The molecule has 0 amide bonds. The number of aromatic nitrogens is 3. The Morgan fingerprint density at radius 1 is 1.22 bits per heavy atom. The quantitative estimate of drug-likeness (QED) is 0.742. The topological polar surface area (TPSA) is 76.4 Å². The summed E-state index contributed by atoms with van der Waals surface area (Å²) in [6.45, 7) is 4.10. The van der Waals surface area contributed by atoms with Crippen LogP contribution in [0.2, 0.25) is 0 Å². The molecule has 0 unspecified atom stereocenters. The van der Waals surface area contributed by atoms with Crippen LogP contribution in [0.1, 0.15) is 32.1 Å². The highest BCUT2D eigenvalue weighted by Crippen LogP contribution is 2.24. The molecule has 3 aromatic heterocycles. The van der Waals surface area contributed by atoms with E-state index in [1.807, 2.05) is 28.8 Å². The van der Waals surface area contributed by atoms with E-state index in [2.05, 4.69) is 28.8 Å². The Balaban J connectivity index is 1.98. The predicted octanol–water partition coefficient (Wildman–Crippen LogP) is 2.86. The molecule has 1 atom stereocenters. The van der Waals surface area contributed by atoms with Crippen LogP contribution in [0.4, 0.5) is 0 Å². The van der Waals surface area contributed by atoms with Gasteiger partial charge in [-0.25, -0.2) is 8.42 Å². The maximum atomic E-state index is 12.6. The van der Waals surface area contributed by atoms with E-state index in [-0.39, 0.29) is 0 Å². The molecule has 0 fully saturated rings. The van der Waals surface area contributed by atoms with E-state index >= 15 is 0 Å². The van der Waals surface area contributed by atoms with Gasteiger partial charge in [0.1, 0.15) is 4.21 Å². The van der Waals surface area contributed by atoms with Crippen LogP contribution in [-0.4, -0.2) is 23.0 Å². The van der Waals surface area contributed by atoms with Crippen LogP contribution in [0, 0.1) is 5.92 Å². The second-order valence-corrected chi connectivity index (χ2v) is 8.61. The van der Waals surface area contributed by atoms with Gasteiger partial charge < -0.3 is 0 Å². The van der Waals surface area contributed by atoms with Gasteiger partial charge in [0, 0.05) is 6.20 Å². The third-order valence-corrected chi connectivity index (χ3v) is 6.29. The van der Waals surface area contributed by atoms with Crippen molar-refractivity contribution in [3.63, 3.8) is 0 Å². The lowest BCUT2D eigenvalue weighted by molar-refractivity contribution is 0.454. The summed E-state index contributed by atoms with van der Waals surface area (Å²) in [5.41, 5.74) is 0.701. The summed E-state index contributed by atoms with van der Waals surface area (Å²) in [5.74, 6) is 0.913. The number of fused-ring (bicyclic) bond motifs is 1. The lowest BCUT2D eigenvalue weighted by atomic mass is 10.0. The van der Waals surface area contributed by atoms with Gasteiger partial charge in [-0.3, -0.25) is 4.40 Å². The van der Waals surface area contributed by atoms with Gasteiger partial charge in [-0.2, -0.15) is 4.72 Å². The zero-order valence-electron chi connectivity index (χ0n) is 12.9. The zero-order valence-corrected chi connectivity index (χ0v) is 14.5. The molecule has 23 heavy (non-hydrogen) atoms. The second-order valence-electron chi connectivity index (χ2n) is 5.72. The third-order valence-electron chi connectivity index (χ3n) is 3.42. The minimum absolute atomic E-state index is 0.306. The van der Waals surface area contributed by atoms with Gasteiger partial charge >= 0.3 is 0 Å². The van der Waals surface area contributed by atoms with Crippen molar-refractivity contribution in [1.82, 2.24) is 19.3 Å². The molecule has 0 aliphatic carbocycles. The normalized spacial score (nSPS) is 13.7. The number of sulfonamides is 1. The maximum Gasteiger partial charge on any atom is 0.250 e. The fourth-order valence-corrected chi connectivity index (χ4v) is 4.65. The molecule has 0 radical (unpaired) electrons. The smallest absolute Gasteiger partial charge is 0.250 e. The molecular weight excluding hydrogens is 332 g/mol. The van der Waals surface area contributed by atoms with Gasteiger partial charge in [0.25, 0.3) is 10.0 Å². The molecule has 0 aliphatic heterocycles. The van der Waals surface area contributed by atoms with E-state index < -0.39 is 16.1 Å². The molecule has 0 saturated carbocycles. The summed E-state index contributed by atoms with van der Waals surface area (Å²) >= 11 is 1.20. The summed E-state index contributed by atoms with van der Waals surface area (Å²) < 4.78 is 30.0. The monoisotopic (exact) mass is 350 g/mol. The van der Waals surface area contributed by atoms with E-state index in [9.17, 15) is 8.42 Å². The summed E-state index contributed by atoms with van der Waals surface area (Å²) in [6.07, 6.45) is 2.48. The third kappa shape index (κ3) is 3.44. The molecule has 6 nitrogen and oxygen atoms in total. The molecule has 0 spiro atoms. The molecule has 122 valence electrons. The van der Waals surface area contributed by atoms with Crippen LogP contribution in [0.25, 0.3) is 5.65 Å². The number of thiophene rings is 1. The molecule has 0 aliphatic rings. The molecule has 0 saturated heterocycles. The van der Waals surface area contributed by atoms with Crippen molar-refractivity contribution in [3.8, 4) is 0 Å². The Bertz CT molecular complexity index is 885. The summed E-state index contributed by atoms with van der Waals surface area (Å²) in [6, 6.07) is 8.49. The van der Waals surface area contributed by atoms with Crippen LogP contribution in [0.5, 0.6) is 0 Å². The van der Waals surface area contributed by atoms with Crippen molar-refractivity contribution in [3.05, 3.63) is 47.7 Å². The molecule has 0 bridgehead atoms. The number of hydrogen-bond acceptors (Lipinski definition) is 5. The van der Waals surface area contributed by atoms with Gasteiger partial charge in [-0.1, -0.05) is 26.0 Å². The van der Waals surface area contributed by atoms with Gasteiger partial charge in [0.05, 0.1) is 6.04 Å². The van der Waals surface area contributed by atoms with Crippen molar-refractivity contribution >= 4 is 27.0 Å². The molecule has 3 heterocycles. The Labute approximate surface area is 139 Å². The van der Waals surface area contributed by atoms with Gasteiger partial charge in [-0.15, -0.1) is 21.5 Å². The van der Waals surface area contributed by atoms with Crippen molar-refractivity contribution < 1.29 is 8.42 Å². The molecule has 3 aromatic rings. The average molecular weight is 350 g/mol. The van der Waals surface area contributed by atoms with Crippen molar-refractivity contribution in [2.24, 2.45) is 5.92 Å². The van der Waals surface area contributed by atoms with Crippen LogP contribution in [-0.2, 0) is 10.0 Å². The number of rotatable bonds is 6. The average Bonchev–Trinajstić information content (AvgIpc) is 3.16. The standard InChI is InChI=1S/C15H18N4O2S2/c1-11(2)10-12(18-23(20,21)14-7-5-9-22-14)15-17-16-13-6-3-4-8-19(13)15/h3-9,11-12,18H,10H2,1-2H3/t12-/m0/s1. The molecular formula is C15H18N4O2S2. The van der Waals surface area contributed by atoms with Gasteiger partial charge in [0.15, 0.2) is 11.5 Å². The maximum absolute atomic E-state index is 12.6. The Hall–Kier alpha value is -1.77. The zero-order chi connectivity index (χ0) is 16.4. The predicted molar refractivity (Wildman–Crippen MR) is 89.8 cm³/mol. The highest BCUT2D eigenvalue weighted by molar-refractivity contribution is 7.91. The van der Waals surface area contributed by atoms with Gasteiger partial charge in [0.2, 0.25) is 0 Å². The first kappa shape index (κ1) is 16.1. The lowest BCUT2D eigenvalue weighted by Crippen LogP contribution is -2.30. The summed E-state index contributed by atoms with van der Waals surface area (Å²) in [4.78, 5) is 0. The lowest BCUT2D eigenvalue weighted by Gasteiger charge is -2.18. The van der Waals surface area contributed by atoms with Crippen molar-refractivity contribution in [2.45, 2.75) is 30.5 Å². The van der Waals surface area contributed by atoms with E-state index in [1.54, 1.807) is 17.5 Å². The SMILES string of the molecule is CC(C)C[C@H](NS(=O)(=O)c1cccs1)c1nnc2ccccn12. The minimum Gasteiger partial charge on any atom is -0.285 e. The fraction of sp³-hybridized carbons (Fsp3) is 0.333. The van der Waals surface area contributed by atoms with Crippen LogP contribution in [0.3, 0.4) is 0 Å². The first-order valence-electron chi connectivity index (χ1n) is 7.33. The van der Waals surface area contributed by atoms with E-state index in [0.29, 0.717) is 28.0 Å². The van der Waals surface area contributed by atoms with E-state index in [0.717, 1.165) is 0 Å². The molecule has 0 aromatic carbocycles. The fourth-order valence-electron chi connectivity index (χ4n) is 2.44. The first-order valence-corrected chi connectivity index (χ1v) is 9.69. The first-order chi connectivity index (χ1) is 11.0. The van der Waals surface area contributed by atoms with Crippen LogP contribution in [0.15, 0.2) is 46.1 Å². The number of nitrogens with one attached hydrogen (secondary N) is 1. The van der Waals surface area contributed by atoms with E-state index in [1.165, 1.54) is 11.3 Å². The highest BCUT2D eigenvalue weighted by atomic mass is 32.2. The Morgan fingerprint density at radius 3 is 2.74 bits per heavy atom.